The van der Waals surface area contributed by atoms with Gasteiger partial charge in [0, 0.05) is 25.2 Å². The normalized spacial score (nSPS) is 21.4. The van der Waals surface area contributed by atoms with Gasteiger partial charge in [-0.1, -0.05) is 12.1 Å². The zero-order valence-electron chi connectivity index (χ0n) is 12.9. The zero-order chi connectivity index (χ0) is 14.5. The largest absolute Gasteiger partial charge is 0.497 e. The van der Waals surface area contributed by atoms with Crippen molar-refractivity contribution in [2.45, 2.75) is 24.9 Å². The van der Waals surface area contributed by atoms with E-state index in [0.29, 0.717) is 12.6 Å². The fourth-order valence-electron chi connectivity index (χ4n) is 3.07. The molecule has 0 aliphatic carbocycles. The van der Waals surface area contributed by atoms with Crippen LogP contribution in [-0.2, 0) is 0 Å². The molecular weight excluding hydrogens is 250 g/mol. The summed E-state index contributed by atoms with van der Waals surface area (Å²) in [4.78, 5) is 4.84. The maximum atomic E-state index is 6.00. The van der Waals surface area contributed by atoms with Crippen LogP contribution in [0.15, 0.2) is 24.3 Å². The van der Waals surface area contributed by atoms with Crippen molar-refractivity contribution in [1.82, 2.24) is 9.80 Å². The van der Waals surface area contributed by atoms with Crippen LogP contribution in [0.3, 0.4) is 0 Å². The van der Waals surface area contributed by atoms with Crippen LogP contribution in [0.1, 0.15) is 24.4 Å². The van der Waals surface area contributed by atoms with E-state index in [1.165, 1.54) is 24.9 Å². The molecule has 1 aromatic carbocycles. The van der Waals surface area contributed by atoms with Gasteiger partial charge in [0.2, 0.25) is 0 Å². The lowest BCUT2D eigenvalue weighted by Gasteiger charge is -2.32. The summed E-state index contributed by atoms with van der Waals surface area (Å²) in [5.74, 6) is 0.891. The molecular formula is C16H27N3O. The summed E-state index contributed by atoms with van der Waals surface area (Å²) in [6.45, 7) is 2.93. The lowest BCUT2D eigenvalue weighted by Crippen LogP contribution is -2.40. The molecule has 1 aliphatic rings. The van der Waals surface area contributed by atoms with Crippen molar-refractivity contribution < 1.29 is 4.74 Å². The highest BCUT2D eigenvalue weighted by molar-refractivity contribution is 5.29. The number of hydrogen-bond acceptors (Lipinski definition) is 4. The van der Waals surface area contributed by atoms with Crippen LogP contribution in [0.2, 0.25) is 0 Å². The number of nitrogens with zero attached hydrogens (tertiary/aromatic N) is 2. The van der Waals surface area contributed by atoms with Crippen LogP contribution >= 0.6 is 0 Å². The molecule has 2 unspecified atom stereocenters. The third kappa shape index (κ3) is 3.51. The molecule has 4 heteroatoms. The minimum atomic E-state index is 0.273. The van der Waals surface area contributed by atoms with Crippen LogP contribution < -0.4 is 10.5 Å². The van der Waals surface area contributed by atoms with E-state index in [4.69, 9.17) is 10.5 Å². The van der Waals surface area contributed by atoms with Gasteiger partial charge in [-0.25, -0.2) is 0 Å². The number of likely N-dealkylation sites (N-methyl/N-ethyl adjacent to an activating group) is 2. The molecule has 1 saturated heterocycles. The van der Waals surface area contributed by atoms with Gasteiger partial charge in [-0.3, -0.25) is 4.90 Å². The molecule has 2 atom stereocenters. The van der Waals surface area contributed by atoms with Gasteiger partial charge in [-0.2, -0.15) is 0 Å². The summed E-state index contributed by atoms with van der Waals surface area (Å²) in [5.41, 5.74) is 7.26. The average molecular weight is 277 g/mol. The van der Waals surface area contributed by atoms with Crippen LogP contribution in [0, 0.1) is 0 Å². The lowest BCUT2D eigenvalue weighted by molar-refractivity contribution is 0.179. The molecule has 1 fully saturated rings. The van der Waals surface area contributed by atoms with Crippen LogP contribution in [0.25, 0.3) is 0 Å². The number of benzene rings is 1. The molecule has 1 aliphatic heterocycles. The van der Waals surface area contributed by atoms with Gasteiger partial charge in [0.05, 0.1) is 7.11 Å². The maximum Gasteiger partial charge on any atom is 0.118 e. The number of nitrogens with two attached hydrogens (primary N) is 1. The van der Waals surface area contributed by atoms with Crippen molar-refractivity contribution >= 4 is 0 Å². The molecule has 0 spiro atoms. The number of hydrogen-bond donors (Lipinski definition) is 1. The van der Waals surface area contributed by atoms with Crippen molar-refractivity contribution in [1.29, 1.82) is 0 Å². The second-order valence-corrected chi connectivity index (χ2v) is 5.74. The first-order valence-electron chi connectivity index (χ1n) is 7.40. The summed E-state index contributed by atoms with van der Waals surface area (Å²) in [7, 11) is 6.09. The topological polar surface area (TPSA) is 41.7 Å². The molecule has 0 amide bonds. The van der Waals surface area contributed by atoms with Gasteiger partial charge >= 0.3 is 0 Å². The van der Waals surface area contributed by atoms with Gasteiger partial charge in [0.25, 0.3) is 0 Å². The monoisotopic (exact) mass is 277 g/mol. The second-order valence-electron chi connectivity index (χ2n) is 5.74. The molecule has 1 heterocycles. The predicted molar refractivity (Wildman–Crippen MR) is 83.1 cm³/mol. The van der Waals surface area contributed by atoms with Gasteiger partial charge in [0.1, 0.15) is 5.75 Å². The van der Waals surface area contributed by atoms with E-state index in [-0.39, 0.29) is 6.04 Å². The molecule has 0 saturated carbocycles. The zero-order valence-corrected chi connectivity index (χ0v) is 12.9. The van der Waals surface area contributed by atoms with Crippen molar-refractivity contribution in [2.75, 3.05) is 40.8 Å². The Bertz CT molecular complexity index is 407. The minimum absolute atomic E-state index is 0.273. The van der Waals surface area contributed by atoms with Gasteiger partial charge < -0.3 is 15.4 Å². The third-order valence-electron chi connectivity index (χ3n) is 4.43. The van der Waals surface area contributed by atoms with E-state index >= 15 is 0 Å². The Kier molecular flexibility index (Phi) is 5.40. The van der Waals surface area contributed by atoms with E-state index in [9.17, 15) is 0 Å². The molecule has 0 aromatic heterocycles. The Morgan fingerprint density at radius 3 is 2.60 bits per heavy atom. The number of rotatable bonds is 6. The van der Waals surface area contributed by atoms with Gasteiger partial charge in [-0.05, 0) is 51.2 Å². The maximum absolute atomic E-state index is 6.00. The van der Waals surface area contributed by atoms with Crippen LogP contribution in [0.5, 0.6) is 5.75 Å². The van der Waals surface area contributed by atoms with E-state index in [0.717, 1.165) is 12.3 Å². The van der Waals surface area contributed by atoms with Crippen LogP contribution in [-0.4, -0.2) is 56.7 Å². The molecule has 20 heavy (non-hydrogen) atoms. The Hall–Kier alpha value is -1.10. The predicted octanol–water partition coefficient (Wildman–Crippen LogP) is 1.72. The first kappa shape index (κ1) is 15.3. The first-order valence-corrected chi connectivity index (χ1v) is 7.40. The molecule has 2 rings (SSSR count). The summed E-state index contributed by atoms with van der Waals surface area (Å²) in [5, 5.41) is 0. The van der Waals surface area contributed by atoms with Crippen LogP contribution in [0.4, 0.5) is 0 Å². The summed E-state index contributed by atoms with van der Waals surface area (Å²) < 4.78 is 5.21. The smallest absolute Gasteiger partial charge is 0.118 e. The number of methoxy groups -OCH3 is 1. The summed E-state index contributed by atoms with van der Waals surface area (Å²) >= 11 is 0. The molecule has 4 nitrogen and oxygen atoms in total. The fraction of sp³-hybridized carbons (Fsp3) is 0.625. The highest BCUT2D eigenvalue weighted by Crippen LogP contribution is 2.23. The van der Waals surface area contributed by atoms with E-state index in [1.807, 2.05) is 12.1 Å². The van der Waals surface area contributed by atoms with E-state index in [2.05, 4.69) is 36.0 Å². The van der Waals surface area contributed by atoms with Crippen molar-refractivity contribution in [2.24, 2.45) is 5.73 Å². The Balaban J connectivity index is 2.02. The SMILES string of the molecule is COc1ccc(C(CN)N(C)CC2CCCN2C)cc1. The quantitative estimate of drug-likeness (QED) is 0.860. The van der Waals surface area contributed by atoms with E-state index in [1.54, 1.807) is 7.11 Å². The number of likely N-dealkylation sites (tertiary alicyclic amines) is 1. The van der Waals surface area contributed by atoms with Gasteiger partial charge in [-0.15, -0.1) is 0 Å². The van der Waals surface area contributed by atoms with E-state index < -0.39 is 0 Å². The first-order chi connectivity index (χ1) is 9.65. The minimum Gasteiger partial charge on any atom is -0.497 e. The van der Waals surface area contributed by atoms with Crippen molar-refractivity contribution in [3.63, 3.8) is 0 Å². The summed E-state index contributed by atoms with van der Waals surface area (Å²) in [6.07, 6.45) is 2.60. The van der Waals surface area contributed by atoms with Gasteiger partial charge in [0.15, 0.2) is 0 Å². The molecule has 2 N–H and O–H groups in total. The average Bonchev–Trinajstić information content (AvgIpc) is 2.86. The van der Waals surface area contributed by atoms with Crippen molar-refractivity contribution in [3.05, 3.63) is 29.8 Å². The Morgan fingerprint density at radius 2 is 2.10 bits per heavy atom. The Morgan fingerprint density at radius 1 is 1.40 bits per heavy atom. The lowest BCUT2D eigenvalue weighted by atomic mass is 10.0. The standard InChI is InChI=1S/C16H27N3O/c1-18-10-4-5-14(18)12-19(2)16(11-17)13-6-8-15(20-3)9-7-13/h6-9,14,16H,4-5,10-12,17H2,1-3H3. The number of ether oxygens (including phenoxy) is 1. The summed E-state index contributed by atoms with van der Waals surface area (Å²) in [6, 6.07) is 9.18. The Labute approximate surface area is 122 Å². The fourth-order valence-corrected chi connectivity index (χ4v) is 3.07. The molecule has 1 aromatic rings. The van der Waals surface area contributed by atoms with Crippen molar-refractivity contribution in [3.8, 4) is 5.75 Å². The highest BCUT2D eigenvalue weighted by Gasteiger charge is 2.25. The highest BCUT2D eigenvalue weighted by atomic mass is 16.5. The third-order valence-corrected chi connectivity index (χ3v) is 4.43. The molecule has 112 valence electrons. The molecule has 0 radical (unpaired) electrons. The molecule has 0 bridgehead atoms. The second kappa shape index (κ2) is 7.07.